The Morgan fingerprint density at radius 2 is 1.30 bits per heavy atom. The van der Waals surface area contributed by atoms with Gasteiger partial charge < -0.3 is 28.8 Å². The number of para-hydroxylation sites is 2. The molecule has 0 aromatic heterocycles. The van der Waals surface area contributed by atoms with Crippen LogP contribution in [0.5, 0.6) is 23.0 Å². The number of hydrogen-bond acceptors (Lipinski definition) is 9. The Kier molecular flexibility index (Phi) is 8.69. The Bertz CT molecular complexity index is 1660. The first kappa shape index (κ1) is 30.3. The SMILES string of the molecule is COc1cc([C@@H]([C@@H](COC(C)=O)Oc2ccccc2OC)C2(O)c3ccccc3C(=O)c3ccccc32)ccc1OC(C)=O. The molecule has 9 nitrogen and oxygen atoms in total. The van der Waals surface area contributed by atoms with E-state index in [4.69, 9.17) is 23.7 Å². The monoisotopic (exact) mass is 596 g/mol. The molecule has 226 valence electrons. The van der Waals surface area contributed by atoms with E-state index in [0.29, 0.717) is 39.3 Å². The predicted molar refractivity (Wildman–Crippen MR) is 160 cm³/mol. The number of carbonyl (C=O) groups excluding carboxylic acids is 3. The van der Waals surface area contributed by atoms with Gasteiger partial charge in [-0.1, -0.05) is 66.7 Å². The summed E-state index contributed by atoms with van der Waals surface area (Å²) in [5, 5.41) is 13.2. The summed E-state index contributed by atoms with van der Waals surface area (Å²) in [6, 6.07) is 25.6. The molecular formula is C35H32O9. The minimum Gasteiger partial charge on any atom is -0.493 e. The van der Waals surface area contributed by atoms with Gasteiger partial charge in [-0.3, -0.25) is 14.4 Å². The normalized spacial score (nSPS) is 14.3. The summed E-state index contributed by atoms with van der Waals surface area (Å²) in [5.41, 5.74) is -0.0360. The van der Waals surface area contributed by atoms with Crippen LogP contribution in [0.15, 0.2) is 91.0 Å². The van der Waals surface area contributed by atoms with Gasteiger partial charge in [0.25, 0.3) is 0 Å². The van der Waals surface area contributed by atoms with E-state index in [2.05, 4.69) is 0 Å². The van der Waals surface area contributed by atoms with Crippen molar-refractivity contribution in [1.82, 2.24) is 0 Å². The molecule has 0 fully saturated rings. The number of aliphatic hydroxyl groups is 1. The molecule has 0 aliphatic heterocycles. The van der Waals surface area contributed by atoms with Crippen LogP contribution in [0.3, 0.4) is 0 Å². The second-order valence-corrected chi connectivity index (χ2v) is 10.3. The van der Waals surface area contributed by atoms with Crippen molar-refractivity contribution in [2.45, 2.75) is 31.5 Å². The van der Waals surface area contributed by atoms with E-state index in [9.17, 15) is 19.5 Å². The van der Waals surface area contributed by atoms with Crippen molar-refractivity contribution in [3.8, 4) is 23.0 Å². The van der Waals surface area contributed by atoms with Crippen molar-refractivity contribution in [1.29, 1.82) is 0 Å². The predicted octanol–water partition coefficient (Wildman–Crippen LogP) is 5.20. The molecule has 0 spiro atoms. The zero-order valence-corrected chi connectivity index (χ0v) is 24.7. The molecule has 0 amide bonds. The molecule has 5 rings (SSSR count). The third kappa shape index (κ3) is 5.61. The Hall–Kier alpha value is -5.15. The van der Waals surface area contributed by atoms with Gasteiger partial charge in [0.1, 0.15) is 18.3 Å². The Morgan fingerprint density at radius 3 is 1.86 bits per heavy atom. The van der Waals surface area contributed by atoms with E-state index >= 15 is 0 Å². The van der Waals surface area contributed by atoms with Crippen molar-refractivity contribution in [2.24, 2.45) is 0 Å². The highest BCUT2D eigenvalue weighted by Crippen LogP contribution is 2.51. The van der Waals surface area contributed by atoms with Crippen LogP contribution >= 0.6 is 0 Å². The fraction of sp³-hybridized carbons (Fsp3) is 0.229. The summed E-state index contributed by atoms with van der Waals surface area (Å²) in [4.78, 5) is 37.6. The fourth-order valence-corrected chi connectivity index (χ4v) is 5.77. The van der Waals surface area contributed by atoms with Crippen molar-refractivity contribution in [2.75, 3.05) is 20.8 Å². The van der Waals surface area contributed by atoms with Gasteiger partial charge in [0.15, 0.2) is 28.8 Å². The number of benzene rings is 4. The van der Waals surface area contributed by atoms with Gasteiger partial charge in [0, 0.05) is 25.0 Å². The minimum absolute atomic E-state index is 0.177. The largest absolute Gasteiger partial charge is 0.493 e. The first-order valence-electron chi connectivity index (χ1n) is 13.9. The third-order valence-electron chi connectivity index (χ3n) is 7.59. The van der Waals surface area contributed by atoms with Crippen LogP contribution in [0.2, 0.25) is 0 Å². The van der Waals surface area contributed by atoms with E-state index in [1.807, 2.05) is 0 Å². The van der Waals surface area contributed by atoms with Gasteiger partial charge in [-0.15, -0.1) is 0 Å². The molecule has 0 heterocycles. The van der Waals surface area contributed by atoms with E-state index in [1.165, 1.54) is 28.1 Å². The van der Waals surface area contributed by atoms with Gasteiger partial charge in [0.2, 0.25) is 0 Å². The zero-order chi connectivity index (χ0) is 31.4. The Labute approximate surface area is 254 Å². The van der Waals surface area contributed by atoms with Crippen LogP contribution in [-0.4, -0.2) is 49.8 Å². The number of fused-ring (bicyclic) bond motifs is 2. The van der Waals surface area contributed by atoms with Gasteiger partial charge in [-0.2, -0.15) is 0 Å². The first-order chi connectivity index (χ1) is 21.2. The van der Waals surface area contributed by atoms with Gasteiger partial charge in [0.05, 0.1) is 20.1 Å². The third-order valence-corrected chi connectivity index (χ3v) is 7.59. The van der Waals surface area contributed by atoms with Crippen LogP contribution < -0.4 is 18.9 Å². The highest BCUT2D eigenvalue weighted by Gasteiger charge is 2.52. The lowest BCUT2D eigenvalue weighted by Gasteiger charge is -2.44. The maximum atomic E-state index is 13.7. The van der Waals surface area contributed by atoms with E-state index < -0.39 is 29.6 Å². The molecule has 1 aliphatic carbocycles. The smallest absolute Gasteiger partial charge is 0.308 e. The molecule has 0 unspecified atom stereocenters. The topological polar surface area (TPSA) is 118 Å². The highest BCUT2D eigenvalue weighted by atomic mass is 16.6. The lowest BCUT2D eigenvalue weighted by atomic mass is 9.64. The molecule has 0 saturated heterocycles. The summed E-state index contributed by atoms with van der Waals surface area (Å²) in [7, 11) is 2.94. The number of rotatable bonds is 10. The molecule has 1 aliphatic rings. The van der Waals surface area contributed by atoms with Crippen LogP contribution in [0.25, 0.3) is 0 Å². The number of methoxy groups -OCH3 is 2. The molecule has 0 bridgehead atoms. The molecule has 9 heteroatoms. The zero-order valence-electron chi connectivity index (χ0n) is 24.7. The lowest BCUT2D eigenvalue weighted by Crippen LogP contribution is -2.48. The molecule has 1 N–H and O–H groups in total. The van der Waals surface area contributed by atoms with Gasteiger partial charge in [-0.25, -0.2) is 0 Å². The second kappa shape index (κ2) is 12.6. The quantitative estimate of drug-likeness (QED) is 0.195. The number of esters is 2. The van der Waals surface area contributed by atoms with Gasteiger partial charge in [-0.05, 0) is 41.0 Å². The number of ketones is 1. The summed E-state index contributed by atoms with van der Waals surface area (Å²) in [6.45, 7) is 2.29. The molecule has 0 saturated carbocycles. The summed E-state index contributed by atoms with van der Waals surface area (Å²) >= 11 is 0. The maximum Gasteiger partial charge on any atom is 0.308 e. The molecular weight excluding hydrogens is 564 g/mol. The average molecular weight is 597 g/mol. The summed E-state index contributed by atoms with van der Waals surface area (Å²) < 4.78 is 28.6. The number of ether oxygens (including phenoxy) is 5. The molecule has 0 radical (unpaired) electrons. The van der Waals surface area contributed by atoms with E-state index in [1.54, 1.807) is 91.0 Å². The minimum atomic E-state index is -1.89. The first-order valence-corrected chi connectivity index (χ1v) is 13.9. The molecule has 4 aromatic carbocycles. The fourth-order valence-electron chi connectivity index (χ4n) is 5.77. The van der Waals surface area contributed by atoms with Crippen LogP contribution in [-0.2, 0) is 19.9 Å². The molecule has 44 heavy (non-hydrogen) atoms. The standard InChI is InChI=1S/C35H32O9/c1-21(36)42-20-32(44-29-16-10-9-15-28(29)40-3)33(23-17-18-30(43-22(2)37)31(19-23)41-4)35(39)26-13-7-5-11-24(26)34(38)25-12-6-8-14-27(25)35/h5-19,32-33,39H,20H2,1-4H3/t32-,33+/m1/s1. The van der Waals surface area contributed by atoms with Gasteiger partial charge >= 0.3 is 11.9 Å². The molecule has 2 atom stereocenters. The van der Waals surface area contributed by atoms with Crippen LogP contribution in [0, 0.1) is 0 Å². The number of hydrogen-bond donors (Lipinski definition) is 1. The van der Waals surface area contributed by atoms with Crippen molar-refractivity contribution >= 4 is 17.7 Å². The van der Waals surface area contributed by atoms with E-state index in [-0.39, 0.29) is 23.9 Å². The number of carbonyl (C=O) groups is 3. The maximum absolute atomic E-state index is 13.7. The van der Waals surface area contributed by atoms with Crippen LogP contribution in [0.1, 0.15) is 52.4 Å². The summed E-state index contributed by atoms with van der Waals surface area (Å²) in [6.07, 6.45) is -1.04. The average Bonchev–Trinajstić information content (AvgIpc) is 3.03. The second-order valence-electron chi connectivity index (χ2n) is 10.3. The van der Waals surface area contributed by atoms with Crippen molar-refractivity contribution in [3.63, 3.8) is 0 Å². The van der Waals surface area contributed by atoms with Crippen LogP contribution in [0.4, 0.5) is 0 Å². The van der Waals surface area contributed by atoms with E-state index in [0.717, 1.165) is 0 Å². The Morgan fingerprint density at radius 1 is 0.727 bits per heavy atom. The molecule has 4 aromatic rings. The van der Waals surface area contributed by atoms with Crippen molar-refractivity contribution in [3.05, 3.63) is 119 Å². The highest BCUT2D eigenvalue weighted by molar-refractivity contribution is 6.13. The Balaban J connectivity index is 1.81. The summed E-state index contributed by atoms with van der Waals surface area (Å²) in [5.74, 6) is -1.17. The lowest BCUT2D eigenvalue weighted by molar-refractivity contribution is -0.145. The van der Waals surface area contributed by atoms with Crippen molar-refractivity contribution < 1.29 is 43.2 Å².